The molecule has 0 spiro atoms. The molecule has 10 heteroatoms. The number of hydrogen-bond donors (Lipinski definition) is 0. The van der Waals surface area contributed by atoms with Gasteiger partial charge in [-0.15, -0.1) is 0 Å². The first-order chi connectivity index (χ1) is 18.0. The summed E-state index contributed by atoms with van der Waals surface area (Å²) in [7, 11) is 1.74. The number of benzene rings is 1. The molecular formula is C28H38FN5O4. The van der Waals surface area contributed by atoms with Gasteiger partial charge in [-0.25, -0.2) is 18.5 Å². The predicted octanol–water partition coefficient (Wildman–Crippen LogP) is 5.94. The van der Waals surface area contributed by atoms with E-state index < -0.39 is 23.6 Å². The summed E-state index contributed by atoms with van der Waals surface area (Å²) < 4.78 is 36.6. The van der Waals surface area contributed by atoms with E-state index in [1.165, 1.54) is 6.07 Å². The normalized spacial score (nSPS) is 16.9. The first-order valence-electron chi connectivity index (χ1n) is 13.1. The Morgan fingerprint density at radius 3 is 2.74 bits per heavy atom. The van der Waals surface area contributed by atoms with Crippen LogP contribution in [0.3, 0.4) is 0 Å². The van der Waals surface area contributed by atoms with E-state index in [4.69, 9.17) is 14.2 Å². The minimum atomic E-state index is -0.596. The highest BCUT2D eigenvalue weighted by atomic mass is 19.1. The molecule has 0 radical (unpaired) electrons. The van der Waals surface area contributed by atoms with Gasteiger partial charge in [0.05, 0.1) is 29.5 Å². The second kappa shape index (κ2) is 11.1. The van der Waals surface area contributed by atoms with Crippen LogP contribution >= 0.6 is 0 Å². The van der Waals surface area contributed by atoms with Crippen molar-refractivity contribution in [1.82, 2.24) is 24.5 Å². The number of amides is 1. The van der Waals surface area contributed by atoms with Crippen LogP contribution in [0.2, 0.25) is 0 Å². The Morgan fingerprint density at radius 2 is 2.11 bits per heavy atom. The second-order valence-electron chi connectivity index (χ2n) is 10.6. The van der Waals surface area contributed by atoms with E-state index in [0.717, 1.165) is 24.6 Å². The van der Waals surface area contributed by atoms with Crippen molar-refractivity contribution in [3.8, 4) is 17.0 Å². The van der Waals surface area contributed by atoms with Crippen LogP contribution < -0.4 is 4.74 Å². The molecule has 0 saturated carbocycles. The van der Waals surface area contributed by atoms with E-state index in [-0.39, 0.29) is 6.23 Å². The predicted molar refractivity (Wildman–Crippen MR) is 144 cm³/mol. The van der Waals surface area contributed by atoms with E-state index in [0.29, 0.717) is 47.9 Å². The molecule has 2 aromatic heterocycles. The van der Waals surface area contributed by atoms with Gasteiger partial charge in [0.25, 0.3) is 0 Å². The summed E-state index contributed by atoms with van der Waals surface area (Å²) in [5, 5.41) is 9.78. The molecule has 1 aromatic carbocycles. The van der Waals surface area contributed by atoms with Gasteiger partial charge in [0, 0.05) is 37.2 Å². The Kier molecular flexibility index (Phi) is 8.10. The molecule has 9 nitrogen and oxygen atoms in total. The van der Waals surface area contributed by atoms with E-state index in [1.54, 1.807) is 39.7 Å². The van der Waals surface area contributed by atoms with Gasteiger partial charge >= 0.3 is 6.09 Å². The molecule has 38 heavy (non-hydrogen) atoms. The lowest BCUT2D eigenvalue weighted by atomic mass is 10.0. The minimum absolute atomic E-state index is 0.227. The fraction of sp³-hybridized carbons (Fsp3) is 0.536. The molecule has 1 unspecified atom stereocenters. The highest BCUT2D eigenvalue weighted by Gasteiger charge is 2.26. The van der Waals surface area contributed by atoms with Gasteiger partial charge in [-0.05, 0) is 66.0 Å². The molecule has 0 N–H and O–H groups in total. The van der Waals surface area contributed by atoms with E-state index in [2.05, 4.69) is 16.8 Å². The van der Waals surface area contributed by atoms with Crippen molar-refractivity contribution in [2.45, 2.75) is 71.8 Å². The van der Waals surface area contributed by atoms with Crippen LogP contribution in [0.1, 0.15) is 65.8 Å². The Balaban J connectivity index is 1.63. The van der Waals surface area contributed by atoms with Gasteiger partial charge in [0.1, 0.15) is 17.5 Å². The maximum Gasteiger partial charge on any atom is 0.410 e. The summed E-state index contributed by atoms with van der Waals surface area (Å²) in [5.41, 5.74) is 1.58. The standard InChI is InChI=1S/C28H38FN5O4/c1-8-23-20-14-19(22(29)15-24(20)34(31-23)25-12-10-11-13-36-25)21-16-30-32(7)26(21)37-18(3)17-33(9-2)27(35)38-28(4,5)6/h8,14-16,18,25H,1,9-13,17H2,2-7H3/t18-,25?/m1/s1. The molecule has 1 fully saturated rings. The molecule has 3 aromatic rings. The van der Waals surface area contributed by atoms with Crippen LogP contribution in [0.25, 0.3) is 28.1 Å². The van der Waals surface area contributed by atoms with E-state index in [9.17, 15) is 4.79 Å². The van der Waals surface area contributed by atoms with Gasteiger partial charge in [-0.2, -0.15) is 10.2 Å². The zero-order valence-corrected chi connectivity index (χ0v) is 23.2. The largest absolute Gasteiger partial charge is 0.472 e. The Morgan fingerprint density at radius 1 is 1.34 bits per heavy atom. The summed E-state index contributed by atoms with van der Waals surface area (Å²) >= 11 is 0. The van der Waals surface area contributed by atoms with Gasteiger partial charge in [0.2, 0.25) is 5.88 Å². The number of aryl methyl sites for hydroxylation is 1. The molecule has 2 atom stereocenters. The second-order valence-corrected chi connectivity index (χ2v) is 10.6. The van der Waals surface area contributed by atoms with E-state index >= 15 is 4.39 Å². The number of ether oxygens (including phenoxy) is 3. The van der Waals surface area contributed by atoms with E-state index in [1.807, 2.05) is 34.6 Å². The van der Waals surface area contributed by atoms with Gasteiger partial charge in [-0.1, -0.05) is 6.58 Å². The number of fused-ring (bicyclic) bond motifs is 1. The Hall–Kier alpha value is -3.40. The van der Waals surface area contributed by atoms with Crippen LogP contribution in [-0.2, 0) is 16.5 Å². The van der Waals surface area contributed by atoms with Crippen molar-refractivity contribution in [2.24, 2.45) is 7.05 Å². The summed E-state index contributed by atoms with van der Waals surface area (Å²) in [6, 6.07) is 3.26. The molecule has 1 saturated heterocycles. The van der Waals surface area contributed by atoms with Crippen molar-refractivity contribution >= 4 is 23.1 Å². The summed E-state index contributed by atoms with van der Waals surface area (Å²) in [6.07, 6.45) is 5.09. The van der Waals surface area contributed by atoms with Crippen LogP contribution in [0, 0.1) is 5.82 Å². The van der Waals surface area contributed by atoms with Crippen molar-refractivity contribution in [3.63, 3.8) is 0 Å². The molecular weight excluding hydrogens is 489 g/mol. The van der Waals surface area contributed by atoms with Crippen LogP contribution in [0.4, 0.5) is 9.18 Å². The lowest BCUT2D eigenvalue weighted by Gasteiger charge is -2.28. The van der Waals surface area contributed by atoms with Crippen LogP contribution in [0.15, 0.2) is 24.9 Å². The number of nitrogens with zero attached hydrogens (tertiary/aromatic N) is 5. The Bertz CT molecular complexity index is 1300. The lowest BCUT2D eigenvalue weighted by molar-refractivity contribution is -0.0367. The van der Waals surface area contributed by atoms with Crippen molar-refractivity contribution < 1.29 is 23.4 Å². The number of likely N-dealkylation sites (N-methyl/N-ethyl adjacent to an activating group) is 1. The average Bonchev–Trinajstić information content (AvgIpc) is 3.41. The highest BCUT2D eigenvalue weighted by molar-refractivity contribution is 5.91. The third-order valence-electron chi connectivity index (χ3n) is 6.44. The zero-order valence-electron chi connectivity index (χ0n) is 23.2. The SMILES string of the molecule is C=Cc1nn(C2CCCCO2)c2cc(F)c(-c3cnn(C)c3O[C@H](C)CN(CC)C(=O)OC(C)(C)C)cc12. The average molecular weight is 528 g/mol. The Labute approximate surface area is 223 Å². The fourth-order valence-electron chi connectivity index (χ4n) is 4.62. The monoisotopic (exact) mass is 527 g/mol. The first-order valence-corrected chi connectivity index (χ1v) is 13.1. The molecule has 1 aliphatic rings. The molecule has 3 heterocycles. The molecule has 4 rings (SSSR count). The van der Waals surface area contributed by atoms with Gasteiger partial charge in [-0.3, -0.25) is 0 Å². The quantitative estimate of drug-likeness (QED) is 0.360. The summed E-state index contributed by atoms with van der Waals surface area (Å²) in [6.45, 7) is 14.5. The molecule has 206 valence electrons. The third-order valence-corrected chi connectivity index (χ3v) is 6.44. The number of hydrogen-bond acceptors (Lipinski definition) is 6. The number of carbonyl (C=O) groups excluding carboxylic acids is 1. The van der Waals surface area contributed by atoms with Crippen molar-refractivity contribution in [1.29, 1.82) is 0 Å². The molecule has 1 aliphatic heterocycles. The fourth-order valence-corrected chi connectivity index (χ4v) is 4.62. The first kappa shape index (κ1) is 27.6. The summed E-state index contributed by atoms with van der Waals surface area (Å²) in [5.74, 6) is -0.0151. The molecule has 0 bridgehead atoms. The van der Waals surface area contributed by atoms with Crippen LogP contribution in [0.5, 0.6) is 5.88 Å². The number of aromatic nitrogens is 4. The van der Waals surface area contributed by atoms with Crippen molar-refractivity contribution in [3.05, 3.63) is 36.4 Å². The minimum Gasteiger partial charge on any atom is -0.472 e. The summed E-state index contributed by atoms with van der Waals surface area (Å²) in [4.78, 5) is 14.2. The maximum atomic E-state index is 15.7. The lowest BCUT2D eigenvalue weighted by Crippen LogP contribution is -2.41. The number of halogens is 1. The zero-order chi connectivity index (χ0) is 27.6. The number of rotatable bonds is 8. The van der Waals surface area contributed by atoms with Crippen LogP contribution in [-0.4, -0.2) is 62.0 Å². The van der Waals surface area contributed by atoms with Crippen molar-refractivity contribution in [2.75, 3.05) is 19.7 Å². The molecule has 1 amide bonds. The topological polar surface area (TPSA) is 83.6 Å². The third kappa shape index (κ3) is 5.85. The van der Waals surface area contributed by atoms with Gasteiger partial charge < -0.3 is 19.1 Å². The highest BCUT2D eigenvalue weighted by Crippen LogP contribution is 2.37. The maximum absolute atomic E-state index is 15.7. The molecule has 0 aliphatic carbocycles. The van der Waals surface area contributed by atoms with Gasteiger partial charge in [0.15, 0.2) is 6.23 Å². The smallest absolute Gasteiger partial charge is 0.410 e. The number of carbonyl (C=O) groups is 1.